The van der Waals surface area contributed by atoms with Crippen molar-refractivity contribution < 1.29 is 8.42 Å². The molecule has 1 heterocycles. The maximum Gasteiger partial charge on any atom is 0.264 e. The molecule has 0 amide bonds. The highest BCUT2D eigenvalue weighted by Gasteiger charge is 2.19. The molecule has 0 bridgehead atoms. The molecule has 5 nitrogen and oxygen atoms in total. The van der Waals surface area contributed by atoms with Crippen LogP contribution in [0.5, 0.6) is 0 Å². The Labute approximate surface area is 140 Å². The van der Waals surface area contributed by atoms with Crippen LogP contribution in [0.4, 0.5) is 5.82 Å². The predicted molar refractivity (Wildman–Crippen MR) is 90.1 cm³/mol. The van der Waals surface area contributed by atoms with Crippen molar-refractivity contribution in [2.45, 2.75) is 4.90 Å². The molecule has 3 N–H and O–H groups in total. The van der Waals surface area contributed by atoms with E-state index in [1.54, 1.807) is 6.07 Å². The van der Waals surface area contributed by atoms with Gasteiger partial charge in [-0.05, 0) is 40.2 Å². The Morgan fingerprint density at radius 3 is 2.57 bits per heavy atom. The summed E-state index contributed by atoms with van der Waals surface area (Å²) in [6.45, 7) is 0. The first-order valence-corrected chi connectivity index (χ1v) is 8.59. The van der Waals surface area contributed by atoms with Gasteiger partial charge in [0.2, 0.25) is 0 Å². The average Bonchev–Trinajstić information content (AvgIpc) is 2.40. The van der Waals surface area contributed by atoms with Gasteiger partial charge in [-0.25, -0.2) is 13.4 Å². The highest BCUT2D eigenvalue weighted by atomic mass is 79.9. The summed E-state index contributed by atoms with van der Waals surface area (Å²) >= 11 is 14.0. The Balaban J connectivity index is 2.35. The lowest BCUT2D eigenvalue weighted by Gasteiger charge is -2.10. The smallest absolute Gasteiger partial charge is 0.264 e. The largest absolute Gasteiger partial charge is 0.389 e. The van der Waals surface area contributed by atoms with E-state index in [0.717, 1.165) is 4.47 Å². The van der Waals surface area contributed by atoms with Gasteiger partial charge in [0, 0.05) is 16.2 Å². The van der Waals surface area contributed by atoms with E-state index in [2.05, 4.69) is 25.6 Å². The summed E-state index contributed by atoms with van der Waals surface area (Å²) in [5.41, 5.74) is 5.97. The van der Waals surface area contributed by atoms with Gasteiger partial charge in [0.05, 0.1) is 5.02 Å². The molecule has 0 radical (unpaired) electrons. The summed E-state index contributed by atoms with van der Waals surface area (Å²) in [4.78, 5) is 4.01. The number of halogens is 2. The maximum atomic E-state index is 12.3. The molecule has 110 valence electrons. The number of nitrogens with two attached hydrogens (primary N) is 1. The fourth-order valence-electron chi connectivity index (χ4n) is 1.50. The Kier molecular flexibility index (Phi) is 4.82. The molecule has 2 aromatic rings. The molecule has 0 unspecified atom stereocenters. The van der Waals surface area contributed by atoms with E-state index in [-0.39, 0.29) is 20.7 Å². The van der Waals surface area contributed by atoms with Crippen LogP contribution in [0.2, 0.25) is 5.02 Å². The number of aromatic nitrogens is 1. The second kappa shape index (κ2) is 6.27. The molecule has 0 spiro atoms. The minimum atomic E-state index is -3.84. The summed E-state index contributed by atoms with van der Waals surface area (Å²) in [7, 11) is -3.84. The van der Waals surface area contributed by atoms with Gasteiger partial charge in [-0.3, -0.25) is 4.72 Å². The van der Waals surface area contributed by atoms with Gasteiger partial charge in [0.1, 0.15) is 15.7 Å². The molecule has 9 heteroatoms. The number of hydrogen-bond acceptors (Lipinski definition) is 4. The van der Waals surface area contributed by atoms with Crippen LogP contribution in [-0.2, 0) is 10.0 Å². The standard InChI is InChI=1S/C12H9BrClN3O2S2/c13-8-2-4-11(16-6-8)17-21(18,19)10-3-1-7(12(15)20)5-9(10)14/h1-6H,(H2,15,20)(H,16,17). The normalized spacial score (nSPS) is 11.1. The molecular formula is C12H9BrClN3O2S2. The summed E-state index contributed by atoms with van der Waals surface area (Å²) in [6.07, 6.45) is 1.48. The average molecular weight is 407 g/mol. The quantitative estimate of drug-likeness (QED) is 0.763. The second-order valence-electron chi connectivity index (χ2n) is 3.98. The van der Waals surface area contributed by atoms with E-state index in [0.29, 0.717) is 5.56 Å². The molecule has 0 aliphatic carbocycles. The maximum absolute atomic E-state index is 12.3. The van der Waals surface area contributed by atoms with Crippen molar-refractivity contribution in [3.63, 3.8) is 0 Å². The van der Waals surface area contributed by atoms with Gasteiger partial charge in [-0.15, -0.1) is 0 Å². The zero-order chi connectivity index (χ0) is 15.6. The fraction of sp³-hybridized carbons (Fsp3) is 0. The molecule has 0 aliphatic rings. The third-order valence-electron chi connectivity index (χ3n) is 2.47. The van der Waals surface area contributed by atoms with Gasteiger partial charge in [-0.2, -0.15) is 0 Å². The fourth-order valence-corrected chi connectivity index (χ4v) is 3.42. The Morgan fingerprint density at radius 1 is 1.33 bits per heavy atom. The molecule has 2 rings (SSSR count). The first-order valence-electron chi connectivity index (χ1n) is 5.53. The van der Waals surface area contributed by atoms with E-state index >= 15 is 0 Å². The van der Waals surface area contributed by atoms with E-state index in [4.69, 9.17) is 29.6 Å². The SMILES string of the molecule is NC(=S)c1ccc(S(=O)(=O)Nc2ccc(Br)cn2)c(Cl)c1. The van der Waals surface area contributed by atoms with Crippen LogP contribution in [0.15, 0.2) is 45.9 Å². The van der Waals surface area contributed by atoms with Gasteiger partial charge in [-0.1, -0.05) is 29.9 Å². The number of hydrogen-bond donors (Lipinski definition) is 2. The second-order valence-corrected chi connectivity index (χ2v) is 7.39. The number of benzene rings is 1. The number of sulfonamides is 1. The topological polar surface area (TPSA) is 85.1 Å². The van der Waals surface area contributed by atoms with Crippen molar-refractivity contribution in [2.24, 2.45) is 5.73 Å². The van der Waals surface area contributed by atoms with Gasteiger partial charge < -0.3 is 5.73 Å². The van der Waals surface area contributed by atoms with Crippen LogP contribution in [0, 0.1) is 0 Å². The molecule has 0 saturated heterocycles. The zero-order valence-electron chi connectivity index (χ0n) is 10.4. The van der Waals surface area contributed by atoms with Crippen LogP contribution in [-0.4, -0.2) is 18.4 Å². The van der Waals surface area contributed by atoms with Crippen molar-refractivity contribution in [2.75, 3.05) is 4.72 Å². The van der Waals surface area contributed by atoms with Crippen molar-refractivity contribution in [1.82, 2.24) is 4.98 Å². The number of anilines is 1. The number of pyridine rings is 1. The molecule has 0 fully saturated rings. The molecular weight excluding hydrogens is 398 g/mol. The van der Waals surface area contributed by atoms with Crippen molar-refractivity contribution in [3.8, 4) is 0 Å². The minimum Gasteiger partial charge on any atom is -0.389 e. The highest BCUT2D eigenvalue weighted by molar-refractivity contribution is 9.10. The monoisotopic (exact) mass is 405 g/mol. The van der Waals surface area contributed by atoms with Crippen LogP contribution < -0.4 is 10.5 Å². The van der Waals surface area contributed by atoms with Crippen LogP contribution in [0.3, 0.4) is 0 Å². The molecule has 0 aliphatic heterocycles. The van der Waals surface area contributed by atoms with E-state index in [1.807, 2.05) is 0 Å². The molecule has 21 heavy (non-hydrogen) atoms. The van der Waals surface area contributed by atoms with Crippen LogP contribution >= 0.6 is 39.7 Å². The van der Waals surface area contributed by atoms with Crippen molar-refractivity contribution in [3.05, 3.63) is 51.6 Å². The first-order chi connectivity index (χ1) is 9.79. The summed E-state index contributed by atoms with van der Waals surface area (Å²) < 4.78 is 27.6. The lowest BCUT2D eigenvalue weighted by molar-refractivity contribution is 0.601. The van der Waals surface area contributed by atoms with Crippen molar-refractivity contribution >= 4 is 60.6 Å². The van der Waals surface area contributed by atoms with Gasteiger partial charge in [0.25, 0.3) is 10.0 Å². The van der Waals surface area contributed by atoms with Crippen LogP contribution in [0.1, 0.15) is 5.56 Å². The predicted octanol–water partition coefficient (Wildman–Crippen LogP) is 2.93. The Hall–Kier alpha value is -1.22. The summed E-state index contributed by atoms with van der Waals surface area (Å²) in [6, 6.07) is 7.45. The van der Waals surface area contributed by atoms with Gasteiger partial charge >= 0.3 is 0 Å². The summed E-state index contributed by atoms with van der Waals surface area (Å²) in [5.74, 6) is 0.188. The molecule has 0 saturated carbocycles. The van der Waals surface area contributed by atoms with E-state index < -0.39 is 10.0 Å². The third kappa shape index (κ3) is 3.91. The number of thiocarbonyl (C=S) groups is 1. The molecule has 0 atom stereocenters. The van der Waals surface area contributed by atoms with E-state index in [1.165, 1.54) is 30.5 Å². The molecule has 1 aromatic carbocycles. The molecule has 1 aromatic heterocycles. The number of nitrogens with one attached hydrogen (secondary N) is 1. The highest BCUT2D eigenvalue weighted by Crippen LogP contribution is 2.24. The number of rotatable bonds is 4. The third-order valence-corrected chi connectivity index (χ3v) is 5.01. The minimum absolute atomic E-state index is 0.0323. The lowest BCUT2D eigenvalue weighted by Crippen LogP contribution is -2.15. The van der Waals surface area contributed by atoms with Crippen LogP contribution in [0.25, 0.3) is 0 Å². The first kappa shape index (κ1) is 16.2. The summed E-state index contributed by atoms with van der Waals surface area (Å²) in [5, 5.41) is 0.0323. The van der Waals surface area contributed by atoms with E-state index in [9.17, 15) is 8.42 Å². The zero-order valence-corrected chi connectivity index (χ0v) is 14.4. The lowest BCUT2D eigenvalue weighted by atomic mass is 10.2. The Morgan fingerprint density at radius 2 is 2.05 bits per heavy atom. The van der Waals surface area contributed by atoms with Gasteiger partial charge in [0.15, 0.2) is 0 Å². The van der Waals surface area contributed by atoms with Crippen molar-refractivity contribution in [1.29, 1.82) is 0 Å². The number of nitrogens with zero attached hydrogens (tertiary/aromatic N) is 1. The Bertz CT molecular complexity index is 795.